The molecule has 1 aliphatic carbocycles. The number of nitrogens with two attached hydrogens (primary N) is 1. The Kier molecular flexibility index (Phi) is 3.51. The second kappa shape index (κ2) is 5.20. The Morgan fingerprint density at radius 3 is 2.90 bits per heavy atom. The minimum atomic E-state index is -0.185. The smallest absolute Gasteiger partial charge is 0.263 e. The molecule has 112 valence electrons. The largest absolute Gasteiger partial charge is 0.496 e. The molecule has 3 rings (SSSR count). The van der Waals surface area contributed by atoms with Gasteiger partial charge in [-0.15, -0.1) is 11.3 Å². The van der Waals surface area contributed by atoms with E-state index in [1.54, 1.807) is 7.11 Å². The summed E-state index contributed by atoms with van der Waals surface area (Å²) in [7, 11) is 1.59. The van der Waals surface area contributed by atoms with Crippen LogP contribution in [0.4, 0.5) is 5.69 Å². The zero-order valence-electron chi connectivity index (χ0n) is 11.8. The number of nitrogen functional groups attached to an aromatic ring is 1. The van der Waals surface area contributed by atoms with Gasteiger partial charge in [0.05, 0.1) is 24.8 Å². The van der Waals surface area contributed by atoms with Crippen LogP contribution in [0, 0.1) is 5.41 Å². The maximum atomic E-state index is 12.3. The average Bonchev–Trinajstić information content (AvgIpc) is 3.22. The average molecular weight is 306 g/mol. The highest BCUT2D eigenvalue weighted by molar-refractivity contribution is 7.21. The van der Waals surface area contributed by atoms with Gasteiger partial charge in [0.2, 0.25) is 0 Å². The molecule has 0 radical (unpaired) electrons. The van der Waals surface area contributed by atoms with Gasteiger partial charge < -0.3 is 20.9 Å². The summed E-state index contributed by atoms with van der Waals surface area (Å²) >= 11 is 1.36. The van der Waals surface area contributed by atoms with E-state index in [-0.39, 0.29) is 17.9 Å². The summed E-state index contributed by atoms with van der Waals surface area (Å²) in [6.07, 6.45) is 1.92. The lowest BCUT2D eigenvalue weighted by Gasteiger charge is -2.12. The molecule has 2 aromatic rings. The molecule has 0 aliphatic heterocycles. The van der Waals surface area contributed by atoms with Crippen LogP contribution >= 0.6 is 11.3 Å². The predicted octanol–water partition coefficient (Wildman–Crippen LogP) is 1.99. The molecular weight excluding hydrogens is 288 g/mol. The number of nitrogens with one attached hydrogen (secondary N) is 1. The molecule has 1 saturated carbocycles. The van der Waals surface area contributed by atoms with Gasteiger partial charge in [-0.05, 0) is 25.0 Å². The number of carbonyl (C=O) groups excluding carboxylic acids is 1. The molecule has 1 fully saturated rings. The number of benzene rings is 1. The van der Waals surface area contributed by atoms with Gasteiger partial charge in [-0.25, -0.2) is 0 Å². The van der Waals surface area contributed by atoms with Crippen LogP contribution in [0.1, 0.15) is 22.5 Å². The molecule has 1 amide bonds. The minimum absolute atomic E-state index is 0.112. The maximum Gasteiger partial charge on any atom is 0.263 e. The molecule has 21 heavy (non-hydrogen) atoms. The van der Waals surface area contributed by atoms with Crippen LogP contribution in [0.2, 0.25) is 0 Å². The van der Waals surface area contributed by atoms with Crippen LogP contribution in [0.5, 0.6) is 5.75 Å². The molecule has 4 N–H and O–H groups in total. The number of fused-ring (bicyclic) bond motifs is 1. The van der Waals surface area contributed by atoms with Crippen molar-refractivity contribution < 1.29 is 14.6 Å². The van der Waals surface area contributed by atoms with Crippen molar-refractivity contribution in [2.45, 2.75) is 12.8 Å². The first-order valence-corrected chi connectivity index (χ1v) is 7.66. The van der Waals surface area contributed by atoms with Crippen LogP contribution in [-0.4, -0.2) is 31.3 Å². The molecular formula is C15H18N2O3S. The SMILES string of the molecule is COc1cccc2sc(C(=O)NCC3(CO)CC3)c(N)c12. The fourth-order valence-electron chi connectivity index (χ4n) is 2.39. The number of carbonyl (C=O) groups is 1. The number of ether oxygens (including phenoxy) is 1. The van der Waals surface area contributed by atoms with Crippen molar-refractivity contribution >= 4 is 33.0 Å². The number of anilines is 1. The molecule has 5 nitrogen and oxygen atoms in total. The molecule has 1 heterocycles. The third-order valence-electron chi connectivity index (χ3n) is 4.06. The van der Waals surface area contributed by atoms with E-state index in [2.05, 4.69) is 5.32 Å². The van der Waals surface area contributed by atoms with E-state index in [1.807, 2.05) is 18.2 Å². The summed E-state index contributed by atoms with van der Waals surface area (Å²) in [4.78, 5) is 12.8. The van der Waals surface area contributed by atoms with E-state index >= 15 is 0 Å². The standard InChI is InChI=1S/C15H18N2O3S/c1-20-9-3-2-4-10-11(9)12(16)13(21-10)14(19)17-7-15(8-18)5-6-15/h2-4,18H,5-8,16H2,1H3,(H,17,19). The van der Waals surface area contributed by atoms with Gasteiger partial charge in [0.1, 0.15) is 10.6 Å². The molecule has 0 spiro atoms. The molecule has 0 bridgehead atoms. The number of aliphatic hydroxyl groups excluding tert-OH is 1. The van der Waals surface area contributed by atoms with Crippen molar-refractivity contribution in [2.75, 3.05) is 26.0 Å². The maximum absolute atomic E-state index is 12.3. The zero-order valence-corrected chi connectivity index (χ0v) is 12.6. The number of rotatable bonds is 5. The van der Waals surface area contributed by atoms with E-state index in [0.717, 1.165) is 22.9 Å². The van der Waals surface area contributed by atoms with Gasteiger partial charge in [0, 0.05) is 16.7 Å². The Bertz CT molecular complexity index is 692. The van der Waals surface area contributed by atoms with E-state index in [0.29, 0.717) is 22.9 Å². The normalized spacial score (nSPS) is 15.9. The van der Waals surface area contributed by atoms with E-state index in [1.165, 1.54) is 11.3 Å². The van der Waals surface area contributed by atoms with Gasteiger partial charge in [-0.2, -0.15) is 0 Å². The highest BCUT2D eigenvalue weighted by Crippen LogP contribution is 2.44. The zero-order chi connectivity index (χ0) is 15.0. The molecule has 6 heteroatoms. The first kappa shape index (κ1) is 14.2. The number of amides is 1. The molecule has 1 aromatic carbocycles. The molecule has 1 aliphatic rings. The van der Waals surface area contributed by atoms with E-state index < -0.39 is 0 Å². The second-order valence-electron chi connectivity index (χ2n) is 5.52. The Morgan fingerprint density at radius 2 is 2.29 bits per heavy atom. The van der Waals surface area contributed by atoms with Gasteiger partial charge in [0.25, 0.3) is 5.91 Å². The predicted molar refractivity (Wildman–Crippen MR) is 83.9 cm³/mol. The quantitative estimate of drug-likeness (QED) is 0.789. The van der Waals surface area contributed by atoms with Crippen LogP contribution < -0.4 is 15.8 Å². The van der Waals surface area contributed by atoms with Crippen molar-refractivity contribution in [1.29, 1.82) is 0 Å². The van der Waals surface area contributed by atoms with Gasteiger partial charge in [0.15, 0.2) is 0 Å². The molecule has 0 saturated heterocycles. The van der Waals surface area contributed by atoms with Crippen molar-refractivity contribution in [3.63, 3.8) is 0 Å². The summed E-state index contributed by atoms with van der Waals surface area (Å²) in [5.74, 6) is 0.491. The lowest BCUT2D eigenvalue weighted by Crippen LogP contribution is -2.31. The van der Waals surface area contributed by atoms with Crippen LogP contribution in [0.15, 0.2) is 18.2 Å². The number of thiophene rings is 1. The van der Waals surface area contributed by atoms with Gasteiger partial charge in [-0.3, -0.25) is 4.79 Å². The topological polar surface area (TPSA) is 84.6 Å². The Morgan fingerprint density at radius 1 is 1.52 bits per heavy atom. The minimum Gasteiger partial charge on any atom is -0.496 e. The first-order valence-electron chi connectivity index (χ1n) is 6.84. The Labute approximate surface area is 126 Å². The van der Waals surface area contributed by atoms with Crippen molar-refractivity contribution in [3.05, 3.63) is 23.1 Å². The van der Waals surface area contributed by atoms with Crippen molar-refractivity contribution in [2.24, 2.45) is 5.41 Å². The second-order valence-corrected chi connectivity index (χ2v) is 6.57. The van der Waals surface area contributed by atoms with E-state index in [9.17, 15) is 9.90 Å². The number of hydrogen-bond donors (Lipinski definition) is 3. The fourth-order valence-corrected chi connectivity index (χ4v) is 3.45. The third-order valence-corrected chi connectivity index (χ3v) is 5.23. The molecule has 0 atom stereocenters. The monoisotopic (exact) mass is 306 g/mol. The van der Waals surface area contributed by atoms with Crippen molar-refractivity contribution in [1.82, 2.24) is 5.32 Å². The lowest BCUT2D eigenvalue weighted by molar-refractivity contribution is 0.0940. The Hall–Kier alpha value is -1.79. The summed E-state index contributed by atoms with van der Waals surface area (Å²) in [6.45, 7) is 0.607. The fraction of sp³-hybridized carbons (Fsp3) is 0.400. The summed E-state index contributed by atoms with van der Waals surface area (Å²) in [5, 5.41) is 13.0. The lowest BCUT2D eigenvalue weighted by atomic mass is 10.1. The number of aliphatic hydroxyl groups is 1. The van der Waals surface area contributed by atoms with Crippen molar-refractivity contribution in [3.8, 4) is 5.75 Å². The van der Waals surface area contributed by atoms with E-state index in [4.69, 9.17) is 10.5 Å². The van der Waals surface area contributed by atoms with Gasteiger partial charge in [-0.1, -0.05) is 6.07 Å². The molecule has 0 unspecified atom stereocenters. The molecule has 1 aromatic heterocycles. The van der Waals surface area contributed by atoms with Crippen LogP contribution in [0.25, 0.3) is 10.1 Å². The number of hydrogen-bond acceptors (Lipinski definition) is 5. The third kappa shape index (κ3) is 2.45. The summed E-state index contributed by atoms with van der Waals surface area (Å²) in [5.41, 5.74) is 6.47. The Balaban J connectivity index is 1.86. The summed E-state index contributed by atoms with van der Waals surface area (Å²) < 4.78 is 6.24. The van der Waals surface area contributed by atoms with Gasteiger partial charge >= 0.3 is 0 Å². The first-order chi connectivity index (χ1) is 10.1. The van der Waals surface area contributed by atoms with Crippen LogP contribution in [-0.2, 0) is 0 Å². The highest BCUT2D eigenvalue weighted by Gasteiger charge is 2.42. The summed E-state index contributed by atoms with van der Waals surface area (Å²) in [6, 6.07) is 5.63. The highest BCUT2D eigenvalue weighted by atomic mass is 32.1. The van der Waals surface area contributed by atoms with Crippen LogP contribution in [0.3, 0.4) is 0 Å². The number of methoxy groups -OCH3 is 1.